The Labute approximate surface area is 118 Å². The number of aliphatic carboxylic acids is 1. The molecule has 1 amide bonds. The number of amides is 1. The molecule has 0 saturated carbocycles. The Morgan fingerprint density at radius 2 is 2.20 bits per heavy atom. The highest BCUT2D eigenvalue weighted by Gasteiger charge is 2.35. The smallest absolute Gasteiger partial charge is 0.327 e. The second-order valence-electron chi connectivity index (χ2n) is 4.39. The van der Waals surface area contributed by atoms with Gasteiger partial charge in [0.2, 0.25) is 0 Å². The molecule has 7 nitrogen and oxygen atoms in total. The molecule has 1 aromatic carbocycles. The third-order valence-electron chi connectivity index (χ3n) is 3.08. The summed E-state index contributed by atoms with van der Waals surface area (Å²) in [6, 6.07) is 3.28. The molecule has 0 aromatic heterocycles. The van der Waals surface area contributed by atoms with Crippen molar-refractivity contribution in [2.75, 3.05) is 11.6 Å². The summed E-state index contributed by atoms with van der Waals surface area (Å²) in [5, 5.41) is 19.9. The summed E-state index contributed by atoms with van der Waals surface area (Å²) in [7, 11) is 0. The summed E-state index contributed by atoms with van der Waals surface area (Å²) in [5.74, 6) is -0.956. The fourth-order valence-electron chi connectivity index (χ4n) is 1.95. The molecule has 1 saturated heterocycles. The molecule has 0 radical (unpaired) electrons. The second-order valence-corrected chi connectivity index (χ2v) is 5.39. The van der Waals surface area contributed by atoms with Gasteiger partial charge in [-0.2, -0.15) is 0 Å². The Bertz CT molecular complexity index is 589. The van der Waals surface area contributed by atoms with Gasteiger partial charge in [0.1, 0.15) is 6.04 Å². The summed E-state index contributed by atoms with van der Waals surface area (Å²) in [4.78, 5) is 34.9. The summed E-state index contributed by atoms with van der Waals surface area (Å²) in [5.41, 5.74) is 0.447. The molecule has 1 N–H and O–H groups in total. The number of carboxylic acid groups (broad SMARTS) is 1. The number of nitro benzene ring substituents is 1. The van der Waals surface area contributed by atoms with E-state index in [1.807, 2.05) is 0 Å². The minimum atomic E-state index is -1.06. The quantitative estimate of drug-likeness (QED) is 0.670. The summed E-state index contributed by atoms with van der Waals surface area (Å²) < 4.78 is 0. The van der Waals surface area contributed by atoms with Crippen LogP contribution in [0.1, 0.15) is 15.9 Å². The summed E-state index contributed by atoms with van der Waals surface area (Å²) in [6.07, 6.45) is 0. The van der Waals surface area contributed by atoms with E-state index < -0.39 is 22.8 Å². The standard InChI is InChI=1S/C12H12N2O5S/c1-7-2-3-8(4-9(7)14(18)19)11(15)13-6-20-5-10(13)12(16)17/h2-4,10H,5-6H2,1H3,(H,16,17)/t10-/m0/s1. The monoisotopic (exact) mass is 296 g/mol. The largest absolute Gasteiger partial charge is 0.480 e. The van der Waals surface area contributed by atoms with Crippen molar-refractivity contribution >= 4 is 29.3 Å². The molecule has 8 heteroatoms. The van der Waals surface area contributed by atoms with Crippen molar-refractivity contribution in [3.05, 3.63) is 39.4 Å². The summed E-state index contributed by atoms with van der Waals surface area (Å²) in [6.45, 7) is 1.58. The summed E-state index contributed by atoms with van der Waals surface area (Å²) >= 11 is 1.35. The number of carboxylic acids is 1. The molecule has 1 aliphatic heterocycles. The van der Waals surface area contributed by atoms with Crippen LogP contribution >= 0.6 is 11.8 Å². The van der Waals surface area contributed by atoms with Crippen LogP contribution in [0.4, 0.5) is 5.69 Å². The number of nitro groups is 1. The van der Waals surface area contributed by atoms with E-state index in [1.165, 1.54) is 34.9 Å². The van der Waals surface area contributed by atoms with Gasteiger partial charge in [-0.05, 0) is 13.0 Å². The van der Waals surface area contributed by atoms with Crippen LogP contribution in [0.2, 0.25) is 0 Å². The fourth-order valence-corrected chi connectivity index (χ4v) is 3.10. The number of carbonyl (C=O) groups excluding carboxylic acids is 1. The lowest BCUT2D eigenvalue weighted by atomic mass is 10.1. The molecule has 106 valence electrons. The van der Waals surface area contributed by atoms with E-state index in [0.29, 0.717) is 11.3 Å². The Morgan fingerprint density at radius 3 is 2.80 bits per heavy atom. The number of rotatable bonds is 3. The first-order valence-electron chi connectivity index (χ1n) is 5.78. The van der Waals surface area contributed by atoms with Crippen LogP contribution in [0.15, 0.2) is 18.2 Å². The fraction of sp³-hybridized carbons (Fsp3) is 0.333. The maximum atomic E-state index is 12.3. The van der Waals surface area contributed by atoms with E-state index in [0.717, 1.165) is 0 Å². The van der Waals surface area contributed by atoms with Crippen LogP contribution in [0, 0.1) is 17.0 Å². The first-order valence-corrected chi connectivity index (χ1v) is 6.94. The highest BCUT2D eigenvalue weighted by Crippen LogP contribution is 2.25. The third-order valence-corrected chi connectivity index (χ3v) is 4.09. The van der Waals surface area contributed by atoms with Crippen molar-refractivity contribution in [3.8, 4) is 0 Å². The first kappa shape index (κ1) is 14.3. The highest BCUT2D eigenvalue weighted by molar-refractivity contribution is 7.99. The molecule has 1 atom stereocenters. The molecule has 0 aliphatic carbocycles. The topological polar surface area (TPSA) is 101 Å². The van der Waals surface area contributed by atoms with Crippen LogP contribution in [-0.2, 0) is 4.79 Å². The van der Waals surface area contributed by atoms with Gasteiger partial charge in [-0.1, -0.05) is 6.07 Å². The lowest BCUT2D eigenvalue weighted by molar-refractivity contribution is -0.385. The van der Waals surface area contributed by atoms with Crippen molar-refractivity contribution in [3.63, 3.8) is 0 Å². The molecule has 20 heavy (non-hydrogen) atoms. The zero-order valence-electron chi connectivity index (χ0n) is 10.6. The van der Waals surface area contributed by atoms with Gasteiger partial charge in [0.05, 0.1) is 10.8 Å². The van der Waals surface area contributed by atoms with Crippen LogP contribution in [0.3, 0.4) is 0 Å². The van der Waals surface area contributed by atoms with E-state index in [1.54, 1.807) is 6.92 Å². The van der Waals surface area contributed by atoms with E-state index in [2.05, 4.69) is 0 Å². The number of aryl methyl sites for hydroxylation is 1. The van der Waals surface area contributed by atoms with Crippen LogP contribution in [-0.4, -0.2) is 44.5 Å². The van der Waals surface area contributed by atoms with Crippen molar-refractivity contribution in [2.45, 2.75) is 13.0 Å². The lowest BCUT2D eigenvalue weighted by Gasteiger charge is -2.20. The van der Waals surface area contributed by atoms with Gasteiger partial charge in [0.15, 0.2) is 0 Å². The SMILES string of the molecule is Cc1ccc(C(=O)N2CSC[C@H]2C(=O)O)cc1[N+](=O)[O-]. The molecule has 0 bridgehead atoms. The second kappa shape index (κ2) is 5.49. The third kappa shape index (κ3) is 2.60. The maximum Gasteiger partial charge on any atom is 0.327 e. The number of hydrogen-bond acceptors (Lipinski definition) is 5. The van der Waals surface area contributed by atoms with Crippen molar-refractivity contribution in [1.82, 2.24) is 4.90 Å². The molecule has 1 aliphatic rings. The van der Waals surface area contributed by atoms with Gasteiger partial charge in [-0.3, -0.25) is 14.9 Å². The van der Waals surface area contributed by atoms with Crippen molar-refractivity contribution in [1.29, 1.82) is 0 Å². The van der Waals surface area contributed by atoms with Crippen LogP contribution in [0.25, 0.3) is 0 Å². The molecular formula is C12H12N2O5S. The van der Waals surface area contributed by atoms with Crippen molar-refractivity contribution in [2.24, 2.45) is 0 Å². The van der Waals surface area contributed by atoms with Gasteiger partial charge in [0.25, 0.3) is 11.6 Å². The van der Waals surface area contributed by atoms with E-state index in [-0.39, 0.29) is 17.1 Å². The maximum absolute atomic E-state index is 12.3. The lowest BCUT2D eigenvalue weighted by Crippen LogP contribution is -2.41. The van der Waals surface area contributed by atoms with Crippen LogP contribution in [0.5, 0.6) is 0 Å². The predicted molar refractivity (Wildman–Crippen MR) is 72.8 cm³/mol. The molecule has 0 spiro atoms. The van der Waals surface area contributed by atoms with Crippen LogP contribution < -0.4 is 0 Å². The predicted octanol–water partition coefficient (Wildman–Crippen LogP) is 1.50. The Morgan fingerprint density at radius 1 is 1.50 bits per heavy atom. The van der Waals surface area contributed by atoms with Gasteiger partial charge >= 0.3 is 5.97 Å². The average Bonchev–Trinajstić information content (AvgIpc) is 2.87. The Hall–Kier alpha value is -2.09. The minimum Gasteiger partial charge on any atom is -0.480 e. The molecule has 2 rings (SSSR count). The van der Waals surface area contributed by atoms with Crippen molar-refractivity contribution < 1.29 is 19.6 Å². The highest BCUT2D eigenvalue weighted by atomic mass is 32.2. The average molecular weight is 296 g/mol. The Kier molecular flexibility index (Phi) is 3.93. The molecule has 0 unspecified atom stereocenters. The normalized spacial score (nSPS) is 18.1. The minimum absolute atomic E-state index is 0.135. The number of nitrogens with zero attached hydrogens (tertiary/aromatic N) is 2. The molecule has 1 aromatic rings. The number of hydrogen-bond donors (Lipinski definition) is 1. The van der Waals surface area contributed by atoms with Gasteiger partial charge in [-0.25, -0.2) is 4.79 Å². The number of carbonyl (C=O) groups is 2. The zero-order valence-corrected chi connectivity index (χ0v) is 11.4. The van der Waals surface area contributed by atoms with Gasteiger partial charge in [-0.15, -0.1) is 11.8 Å². The first-order chi connectivity index (χ1) is 9.41. The molecular weight excluding hydrogens is 284 g/mol. The number of thioether (sulfide) groups is 1. The molecule has 1 fully saturated rings. The van der Waals surface area contributed by atoms with Gasteiger partial charge < -0.3 is 10.0 Å². The number of benzene rings is 1. The van der Waals surface area contributed by atoms with Gasteiger partial charge in [0, 0.05) is 22.9 Å². The molecule has 1 heterocycles. The van der Waals surface area contributed by atoms with E-state index >= 15 is 0 Å². The van der Waals surface area contributed by atoms with E-state index in [4.69, 9.17) is 5.11 Å². The zero-order chi connectivity index (χ0) is 14.9. The van der Waals surface area contributed by atoms with E-state index in [9.17, 15) is 19.7 Å². The Balaban J connectivity index is 2.32.